The van der Waals surface area contributed by atoms with E-state index in [-0.39, 0.29) is 0 Å². The molecule has 0 atom stereocenters. The monoisotopic (exact) mass is 249 g/mol. The number of nitrogens with zero attached hydrogens (tertiary/aromatic N) is 3. The molecule has 0 unspecified atom stereocenters. The Kier molecular flexibility index (Phi) is 4.24. The third kappa shape index (κ3) is 3.36. The van der Waals surface area contributed by atoms with Crippen LogP contribution >= 0.6 is 11.6 Å². The number of halogens is 1. The van der Waals surface area contributed by atoms with Crippen molar-refractivity contribution in [3.05, 3.63) is 29.3 Å². The van der Waals surface area contributed by atoms with Gasteiger partial charge in [-0.1, -0.05) is 11.6 Å². The van der Waals surface area contributed by atoms with Gasteiger partial charge in [-0.3, -0.25) is 4.90 Å². The SMILES string of the molecule is N#CCCN1CCN(c2ccc(Cl)cc2)CC1. The number of piperazine rings is 1. The van der Waals surface area contributed by atoms with Gasteiger partial charge in [0.2, 0.25) is 0 Å². The van der Waals surface area contributed by atoms with Crippen LogP contribution in [0.2, 0.25) is 5.02 Å². The number of nitriles is 1. The molecule has 0 radical (unpaired) electrons. The molecule has 4 heteroatoms. The molecule has 2 rings (SSSR count). The zero-order chi connectivity index (χ0) is 12.1. The van der Waals surface area contributed by atoms with Gasteiger partial charge in [-0.15, -0.1) is 0 Å². The van der Waals surface area contributed by atoms with E-state index in [2.05, 4.69) is 28.0 Å². The van der Waals surface area contributed by atoms with E-state index in [4.69, 9.17) is 16.9 Å². The Bertz CT molecular complexity index is 388. The van der Waals surface area contributed by atoms with Crippen LogP contribution in [0, 0.1) is 11.3 Å². The third-order valence-electron chi connectivity index (χ3n) is 3.10. The third-order valence-corrected chi connectivity index (χ3v) is 3.36. The molecule has 1 saturated heterocycles. The topological polar surface area (TPSA) is 30.3 Å². The first-order valence-corrected chi connectivity index (χ1v) is 6.27. The summed E-state index contributed by atoms with van der Waals surface area (Å²) in [6.07, 6.45) is 0.626. The second-order valence-electron chi connectivity index (χ2n) is 4.21. The molecule has 0 spiro atoms. The molecule has 1 aliphatic rings. The summed E-state index contributed by atoms with van der Waals surface area (Å²) in [4.78, 5) is 4.70. The van der Waals surface area contributed by atoms with Crippen LogP contribution in [0.3, 0.4) is 0 Å². The molecule has 1 heterocycles. The highest BCUT2D eigenvalue weighted by atomic mass is 35.5. The number of benzene rings is 1. The molecule has 1 fully saturated rings. The molecule has 0 N–H and O–H groups in total. The minimum Gasteiger partial charge on any atom is -0.369 e. The van der Waals surface area contributed by atoms with Crippen molar-refractivity contribution in [2.75, 3.05) is 37.6 Å². The Labute approximate surface area is 107 Å². The van der Waals surface area contributed by atoms with Crippen molar-refractivity contribution in [1.29, 1.82) is 5.26 Å². The fourth-order valence-electron chi connectivity index (χ4n) is 2.09. The molecule has 17 heavy (non-hydrogen) atoms. The van der Waals surface area contributed by atoms with E-state index >= 15 is 0 Å². The zero-order valence-corrected chi connectivity index (χ0v) is 10.5. The second kappa shape index (κ2) is 5.90. The summed E-state index contributed by atoms with van der Waals surface area (Å²) < 4.78 is 0. The standard InChI is InChI=1S/C13H16ClN3/c14-12-2-4-13(5-3-12)17-10-8-16(9-11-17)7-1-6-15/h2-5H,1,7-11H2. The van der Waals surface area contributed by atoms with E-state index in [0.717, 1.165) is 37.7 Å². The lowest BCUT2D eigenvalue weighted by Gasteiger charge is -2.35. The smallest absolute Gasteiger partial charge is 0.0635 e. The van der Waals surface area contributed by atoms with Gasteiger partial charge in [0.05, 0.1) is 6.07 Å². The first kappa shape index (κ1) is 12.2. The van der Waals surface area contributed by atoms with Crippen LogP contribution < -0.4 is 4.90 Å². The lowest BCUT2D eigenvalue weighted by molar-refractivity contribution is 0.263. The van der Waals surface area contributed by atoms with Gasteiger partial charge in [0.25, 0.3) is 0 Å². The number of hydrogen-bond acceptors (Lipinski definition) is 3. The number of anilines is 1. The number of rotatable bonds is 3. The Morgan fingerprint density at radius 3 is 2.35 bits per heavy atom. The predicted molar refractivity (Wildman–Crippen MR) is 70.3 cm³/mol. The molecule has 0 aliphatic carbocycles. The maximum absolute atomic E-state index is 8.55. The molecule has 1 aromatic carbocycles. The molecule has 0 aromatic heterocycles. The summed E-state index contributed by atoms with van der Waals surface area (Å²) in [5, 5.41) is 9.33. The highest BCUT2D eigenvalue weighted by Gasteiger charge is 2.16. The fraction of sp³-hybridized carbons (Fsp3) is 0.462. The second-order valence-corrected chi connectivity index (χ2v) is 4.65. The van der Waals surface area contributed by atoms with Gasteiger partial charge in [-0.25, -0.2) is 0 Å². The first-order valence-electron chi connectivity index (χ1n) is 5.89. The van der Waals surface area contributed by atoms with Crippen LogP contribution in [-0.2, 0) is 0 Å². The lowest BCUT2D eigenvalue weighted by Crippen LogP contribution is -2.46. The van der Waals surface area contributed by atoms with Gasteiger partial charge < -0.3 is 4.90 Å². The van der Waals surface area contributed by atoms with E-state index in [1.54, 1.807) is 0 Å². The van der Waals surface area contributed by atoms with Gasteiger partial charge in [-0.2, -0.15) is 5.26 Å². The Morgan fingerprint density at radius 1 is 1.12 bits per heavy atom. The van der Waals surface area contributed by atoms with Crippen LogP contribution in [0.15, 0.2) is 24.3 Å². The number of hydrogen-bond donors (Lipinski definition) is 0. The predicted octanol–water partition coefficient (Wildman–Crippen LogP) is 2.38. The van der Waals surface area contributed by atoms with E-state index in [1.807, 2.05) is 12.1 Å². The minimum atomic E-state index is 0.626. The molecule has 1 aliphatic heterocycles. The Morgan fingerprint density at radius 2 is 1.76 bits per heavy atom. The van der Waals surface area contributed by atoms with Crippen molar-refractivity contribution in [3.63, 3.8) is 0 Å². The van der Waals surface area contributed by atoms with Gasteiger partial charge in [0, 0.05) is 49.9 Å². The van der Waals surface area contributed by atoms with Crippen LogP contribution in [0.5, 0.6) is 0 Å². The quantitative estimate of drug-likeness (QED) is 0.824. The van der Waals surface area contributed by atoms with Crippen molar-refractivity contribution < 1.29 is 0 Å². The Hall–Kier alpha value is -1.24. The molecular weight excluding hydrogens is 234 g/mol. The highest BCUT2D eigenvalue weighted by Crippen LogP contribution is 2.19. The van der Waals surface area contributed by atoms with Crippen molar-refractivity contribution in [3.8, 4) is 6.07 Å². The average Bonchev–Trinajstić information content (AvgIpc) is 2.38. The normalized spacial score (nSPS) is 16.8. The molecule has 0 amide bonds. The van der Waals surface area contributed by atoms with Crippen LogP contribution in [0.25, 0.3) is 0 Å². The van der Waals surface area contributed by atoms with Crippen LogP contribution in [0.4, 0.5) is 5.69 Å². The highest BCUT2D eigenvalue weighted by molar-refractivity contribution is 6.30. The van der Waals surface area contributed by atoms with Crippen LogP contribution in [0.1, 0.15) is 6.42 Å². The molecule has 0 saturated carbocycles. The minimum absolute atomic E-state index is 0.626. The van der Waals surface area contributed by atoms with Crippen LogP contribution in [-0.4, -0.2) is 37.6 Å². The summed E-state index contributed by atoms with van der Waals surface area (Å²) in [7, 11) is 0. The van der Waals surface area contributed by atoms with Crippen molar-refractivity contribution in [2.24, 2.45) is 0 Å². The largest absolute Gasteiger partial charge is 0.369 e. The van der Waals surface area contributed by atoms with E-state index in [1.165, 1.54) is 5.69 Å². The van der Waals surface area contributed by atoms with Gasteiger partial charge in [0.15, 0.2) is 0 Å². The van der Waals surface area contributed by atoms with E-state index in [9.17, 15) is 0 Å². The first-order chi connectivity index (χ1) is 8.29. The Balaban J connectivity index is 1.87. The van der Waals surface area contributed by atoms with Gasteiger partial charge in [0.1, 0.15) is 0 Å². The maximum Gasteiger partial charge on any atom is 0.0635 e. The molecule has 1 aromatic rings. The van der Waals surface area contributed by atoms with Crippen molar-refractivity contribution in [1.82, 2.24) is 4.90 Å². The summed E-state index contributed by atoms with van der Waals surface area (Å²) in [5.74, 6) is 0. The van der Waals surface area contributed by atoms with Crippen molar-refractivity contribution >= 4 is 17.3 Å². The summed E-state index contributed by atoms with van der Waals surface area (Å²) in [5.41, 5.74) is 1.23. The molecule has 0 bridgehead atoms. The lowest BCUT2D eigenvalue weighted by atomic mass is 10.2. The summed E-state index contributed by atoms with van der Waals surface area (Å²) in [6, 6.07) is 10.2. The van der Waals surface area contributed by atoms with Gasteiger partial charge in [-0.05, 0) is 24.3 Å². The van der Waals surface area contributed by atoms with Gasteiger partial charge >= 0.3 is 0 Å². The molecule has 90 valence electrons. The van der Waals surface area contributed by atoms with E-state index < -0.39 is 0 Å². The molecular formula is C13H16ClN3. The van der Waals surface area contributed by atoms with E-state index in [0.29, 0.717) is 6.42 Å². The summed E-state index contributed by atoms with van der Waals surface area (Å²) in [6.45, 7) is 5.00. The van der Waals surface area contributed by atoms with Crippen molar-refractivity contribution in [2.45, 2.75) is 6.42 Å². The summed E-state index contributed by atoms with van der Waals surface area (Å²) >= 11 is 5.87. The zero-order valence-electron chi connectivity index (χ0n) is 9.77. The average molecular weight is 250 g/mol. The fourth-order valence-corrected chi connectivity index (χ4v) is 2.22. The molecule has 3 nitrogen and oxygen atoms in total. The maximum atomic E-state index is 8.55.